The van der Waals surface area contributed by atoms with E-state index in [2.05, 4.69) is 16.0 Å². The van der Waals surface area contributed by atoms with E-state index < -0.39 is 11.5 Å². The van der Waals surface area contributed by atoms with Gasteiger partial charge >= 0.3 is 12.0 Å². The second-order valence-corrected chi connectivity index (χ2v) is 5.70. The first-order chi connectivity index (χ1) is 9.49. The third kappa shape index (κ3) is 3.85. The van der Waals surface area contributed by atoms with Crippen LogP contribution in [0.1, 0.15) is 44.9 Å². The van der Waals surface area contributed by atoms with Gasteiger partial charge in [0, 0.05) is 19.0 Å². The molecule has 112 valence electrons. The van der Waals surface area contributed by atoms with Crippen molar-refractivity contribution in [3.05, 3.63) is 0 Å². The molecule has 0 aromatic heterocycles. The van der Waals surface area contributed by atoms with Crippen LogP contribution in [0, 0.1) is 0 Å². The fraction of sp³-hybridized carbons (Fsp3) is 0.769. The van der Waals surface area contributed by atoms with E-state index in [0.29, 0.717) is 25.8 Å². The third-order valence-corrected chi connectivity index (χ3v) is 4.02. The van der Waals surface area contributed by atoms with Gasteiger partial charge < -0.3 is 21.1 Å². The molecule has 0 radical (unpaired) electrons. The number of carbonyl (C=O) groups excluding carboxylic acids is 2. The van der Waals surface area contributed by atoms with Gasteiger partial charge in [-0.25, -0.2) is 4.79 Å². The summed E-state index contributed by atoms with van der Waals surface area (Å²) in [6, 6.07) is -0.374. The van der Waals surface area contributed by atoms with Gasteiger partial charge in [-0.2, -0.15) is 0 Å². The van der Waals surface area contributed by atoms with Crippen LogP contribution < -0.4 is 16.0 Å². The monoisotopic (exact) mass is 283 g/mol. The molecule has 1 heterocycles. The van der Waals surface area contributed by atoms with Crippen molar-refractivity contribution < 1.29 is 19.5 Å². The summed E-state index contributed by atoms with van der Waals surface area (Å²) >= 11 is 0. The second-order valence-electron chi connectivity index (χ2n) is 5.70. The van der Waals surface area contributed by atoms with E-state index >= 15 is 0 Å². The third-order valence-electron chi connectivity index (χ3n) is 4.02. The molecule has 20 heavy (non-hydrogen) atoms. The zero-order valence-corrected chi connectivity index (χ0v) is 11.4. The van der Waals surface area contributed by atoms with Gasteiger partial charge in [0.1, 0.15) is 0 Å². The van der Waals surface area contributed by atoms with Gasteiger partial charge in [-0.05, 0) is 19.3 Å². The van der Waals surface area contributed by atoms with Crippen LogP contribution in [0.15, 0.2) is 0 Å². The molecule has 7 nitrogen and oxygen atoms in total. The second kappa shape index (κ2) is 6.11. The number of aliphatic carboxylic acids is 1. The summed E-state index contributed by atoms with van der Waals surface area (Å²) in [5.74, 6) is -0.884. The molecule has 1 unspecified atom stereocenters. The Morgan fingerprint density at radius 2 is 2.05 bits per heavy atom. The smallest absolute Gasteiger partial charge is 0.315 e. The topological polar surface area (TPSA) is 108 Å². The molecule has 1 saturated heterocycles. The highest BCUT2D eigenvalue weighted by Gasteiger charge is 2.37. The van der Waals surface area contributed by atoms with Gasteiger partial charge in [0.05, 0.1) is 12.0 Å². The zero-order valence-electron chi connectivity index (χ0n) is 11.4. The average Bonchev–Trinajstić information content (AvgIpc) is 2.95. The molecule has 3 amide bonds. The van der Waals surface area contributed by atoms with E-state index in [0.717, 1.165) is 19.3 Å². The molecular formula is C13H21N3O4. The summed E-state index contributed by atoms with van der Waals surface area (Å²) < 4.78 is 0. The van der Waals surface area contributed by atoms with Crippen molar-refractivity contribution in [2.24, 2.45) is 0 Å². The van der Waals surface area contributed by atoms with Crippen LogP contribution >= 0.6 is 0 Å². The lowest BCUT2D eigenvalue weighted by atomic mass is 9.93. The number of hydrogen-bond acceptors (Lipinski definition) is 3. The van der Waals surface area contributed by atoms with Crippen molar-refractivity contribution >= 4 is 17.9 Å². The number of hydrogen-bond donors (Lipinski definition) is 4. The van der Waals surface area contributed by atoms with Crippen molar-refractivity contribution in [2.75, 3.05) is 6.54 Å². The first kappa shape index (κ1) is 14.6. The Kier molecular flexibility index (Phi) is 4.46. The molecule has 1 aliphatic heterocycles. The minimum absolute atomic E-state index is 0.00958. The van der Waals surface area contributed by atoms with Crippen LogP contribution in [0.4, 0.5) is 4.79 Å². The zero-order chi connectivity index (χ0) is 14.6. The van der Waals surface area contributed by atoms with Gasteiger partial charge in [-0.15, -0.1) is 0 Å². The Morgan fingerprint density at radius 3 is 2.60 bits per heavy atom. The van der Waals surface area contributed by atoms with Crippen molar-refractivity contribution in [2.45, 2.75) is 56.5 Å². The lowest BCUT2D eigenvalue weighted by Gasteiger charge is -2.29. The van der Waals surface area contributed by atoms with Crippen LogP contribution in [0.3, 0.4) is 0 Å². The fourth-order valence-corrected chi connectivity index (χ4v) is 3.02. The van der Waals surface area contributed by atoms with E-state index in [1.807, 2.05) is 0 Å². The largest absolute Gasteiger partial charge is 0.481 e. The molecule has 2 aliphatic rings. The number of rotatable bonds is 5. The normalized spacial score (nSPS) is 24.2. The maximum atomic E-state index is 11.9. The number of carboxylic acid groups (broad SMARTS) is 1. The van der Waals surface area contributed by atoms with E-state index in [1.54, 1.807) is 0 Å². The number of nitrogens with one attached hydrogen (secondary N) is 3. The summed E-state index contributed by atoms with van der Waals surface area (Å²) in [6.45, 7) is 0.376. The molecule has 2 rings (SSSR count). The minimum Gasteiger partial charge on any atom is -0.481 e. The standard InChI is InChI=1S/C13H21N3O4/c17-10-4-3-9(15-10)8-14-12(20)16-13(7-11(18)19)5-1-2-6-13/h9H,1-8H2,(H,15,17)(H,18,19)(H2,14,16,20). The number of urea groups is 1. The predicted molar refractivity (Wildman–Crippen MR) is 71.2 cm³/mol. The molecule has 0 aromatic carbocycles. The maximum absolute atomic E-state index is 11.9. The molecule has 1 aliphatic carbocycles. The molecule has 1 atom stereocenters. The minimum atomic E-state index is -0.893. The Bertz CT molecular complexity index is 404. The molecule has 0 spiro atoms. The quantitative estimate of drug-likeness (QED) is 0.584. The van der Waals surface area contributed by atoms with E-state index in [1.165, 1.54) is 0 Å². The van der Waals surface area contributed by atoms with Crippen LogP contribution in [0.25, 0.3) is 0 Å². The highest BCUT2D eigenvalue weighted by atomic mass is 16.4. The first-order valence-electron chi connectivity index (χ1n) is 7.06. The highest BCUT2D eigenvalue weighted by Crippen LogP contribution is 2.32. The highest BCUT2D eigenvalue weighted by molar-refractivity contribution is 5.79. The van der Waals surface area contributed by atoms with Crippen LogP contribution in [0.2, 0.25) is 0 Å². The average molecular weight is 283 g/mol. The van der Waals surface area contributed by atoms with Crippen LogP contribution in [-0.2, 0) is 9.59 Å². The van der Waals surface area contributed by atoms with Gasteiger partial charge in [-0.3, -0.25) is 9.59 Å². The van der Waals surface area contributed by atoms with E-state index in [-0.39, 0.29) is 24.4 Å². The Balaban J connectivity index is 1.79. The van der Waals surface area contributed by atoms with Gasteiger partial charge in [0.25, 0.3) is 0 Å². The Morgan fingerprint density at radius 1 is 1.35 bits per heavy atom. The Labute approximate surface area is 117 Å². The molecule has 4 N–H and O–H groups in total. The molecule has 7 heteroatoms. The van der Waals surface area contributed by atoms with Gasteiger partial charge in [0.2, 0.25) is 5.91 Å². The summed E-state index contributed by atoms with van der Waals surface area (Å²) in [5, 5.41) is 17.3. The molecule has 0 aromatic rings. The van der Waals surface area contributed by atoms with Crippen LogP contribution in [0.5, 0.6) is 0 Å². The molecule has 2 fully saturated rings. The summed E-state index contributed by atoms with van der Waals surface area (Å²) in [7, 11) is 0. The molecule has 1 saturated carbocycles. The van der Waals surface area contributed by atoms with Crippen molar-refractivity contribution in [1.82, 2.24) is 16.0 Å². The maximum Gasteiger partial charge on any atom is 0.315 e. The lowest BCUT2D eigenvalue weighted by molar-refractivity contribution is -0.138. The molecule has 0 bridgehead atoms. The van der Waals surface area contributed by atoms with Gasteiger partial charge in [-0.1, -0.05) is 12.8 Å². The van der Waals surface area contributed by atoms with Gasteiger partial charge in [0.15, 0.2) is 0 Å². The van der Waals surface area contributed by atoms with E-state index in [9.17, 15) is 14.4 Å². The molecular weight excluding hydrogens is 262 g/mol. The summed E-state index contributed by atoms with van der Waals surface area (Å²) in [4.78, 5) is 33.9. The number of amides is 3. The van der Waals surface area contributed by atoms with Crippen LogP contribution in [-0.4, -0.2) is 41.1 Å². The van der Waals surface area contributed by atoms with Crippen molar-refractivity contribution in [3.63, 3.8) is 0 Å². The summed E-state index contributed by atoms with van der Waals surface area (Å²) in [6.07, 6.45) is 4.45. The first-order valence-corrected chi connectivity index (χ1v) is 7.06. The Hall–Kier alpha value is -1.79. The number of carbonyl (C=O) groups is 3. The summed E-state index contributed by atoms with van der Waals surface area (Å²) in [5.41, 5.74) is -0.616. The van der Waals surface area contributed by atoms with Crippen molar-refractivity contribution in [1.29, 1.82) is 0 Å². The predicted octanol–water partition coefficient (Wildman–Crippen LogP) is 0.352. The number of carboxylic acids is 1. The lowest BCUT2D eigenvalue weighted by Crippen LogP contribution is -2.53. The van der Waals surface area contributed by atoms with Crippen molar-refractivity contribution in [3.8, 4) is 0 Å². The SMILES string of the molecule is O=C(O)CC1(NC(=O)NCC2CCC(=O)N2)CCCC1. The van der Waals surface area contributed by atoms with E-state index in [4.69, 9.17) is 5.11 Å². The fourth-order valence-electron chi connectivity index (χ4n) is 3.02.